The van der Waals surface area contributed by atoms with Crippen LogP contribution in [-0.4, -0.2) is 18.9 Å². The van der Waals surface area contributed by atoms with Gasteiger partial charge in [0.15, 0.2) is 0 Å². The molecule has 0 fully saturated rings. The zero-order chi connectivity index (χ0) is 27.6. The second kappa shape index (κ2) is 8.88. The molecule has 0 bridgehead atoms. The van der Waals surface area contributed by atoms with E-state index in [2.05, 4.69) is 147 Å². The zero-order valence-corrected chi connectivity index (χ0v) is 22.6. The molecule has 0 aliphatic carbocycles. The van der Waals surface area contributed by atoms with Gasteiger partial charge in [0.2, 0.25) is 0 Å². The number of rotatable bonds is 3. The van der Waals surface area contributed by atoms with Crippen LogP contribution in [0, 0.1) is 0 Å². The predicted molar refractivity (Wildman–Crippen MR) is 173 cm³/mol. The SMILES string of the molecule is c1ccc(-n2c3ccccc3n3c4ccccc4c(-c4ccc(-c5ccc6ccc7cccnc7c6n5)cc4)c23)cc1. The van der Waals surface area contributed by atoms with Crippen LogP contribution in [-0.2, 0) is 0 Å². The first-order chi connectivity index (χ1) is 20.8. The van der Waals surface area contributed by atoms with Crippen molar-refractivity contribution < 1.29 is 0 Å². The van der Waals surface area contributed by atoms with Gasteiger partial charge >= 0.3 is 0 Å². The Morgan fingerprint density at radius 2 is 1.14 bits per heavy atom. The van der Waals surface area contributed by atoms with Crippen molar-refractivity contribution >= 4 is 49.4 Å². The van der Waals surface area contributed by atoms with Crippen LogP contribution in [0.5, 0.6) is 0 Å². The number of para-hydroxylation sites is 4. The van der Waals surface area contributed by atoms with Crippen molar-refractivity contribution in [1.29, 1.82) is 0 Å². The fourth-order valence-electron chi connectivity index (χ4n) is 6.45. The number of hydrogen-bond donors (Lipinski definition) is 0. The average molecular weight is 537 g/mol. The molecule has 0 saturated heterocycles. The Bertz CT molecular complexity index is 2450. The van der Waals surface area contributed by atoms with Crippen LogP contribution >= 0.6 is 0 Å². The van der Waals surface area contributed by atoms with Gasteiger partial charge in [-0.05, 0) is 48.0 Å². The minimum absolute atomic E-state index is 0.933. The van der Waals surface area contributed by atoms with Crippen LogP contribution in [0.2, 0.25) is 0 Å². The summed E-state index contributed by atoms with van der Waals surface area (Å²) in [5.74, 6) is 0. The third kappa shape index (κ3) is 3.29. The van der Waals surface area contributed by atoms with Crippen molar-refractivity contribution in [2.75, 3.05) is 0 Å². The smallest absolute Gasteiger partial charge is 0.131 e. The average Bonchev–Trinajstić information content (AvgIpc) is 3.57. The number of benzene rings is 5. The maximum absolute atomic E-state index is 5.08. The number of nitrogens with zero attached hydrogens (tertiary/aromatic N) is 4. The number of imidazole rings is 1. The molecule has 0 aliphatic heterocycles. The summed E-state index contributed by atoms with van der Waals surface area (Å²) in [5, 5.41) is 3.43. The van der Waals surface area contributed by atoms with Gasteiger partial charge in [-0.15, -0.1) is 0 Å². The lowest BCUT2D eigenvalue weighted by Gasteiger charge is -2.10. The molecular formula is C38H24N4. The first-order valence-corrected chi connectivity index (χ1v) is 14.2. The fraction of sp³-hybridized carbons (Fsp3) is 0. The molecule has 4 nitrogen and oxygen atoms in total. The molecule has 0 radical (unpaired) electrons. The van der Waals surface area contributed by atoms with Gasteiger partial charge in [-0.2, -0.15) is 0 Å². The molecular weight excluding hydrogens is 512 g/mol. The minimum Gasteiger partial charge on any atom is -0.293 e. The van der Waals surface area contributed by atoms with Gasteiger partial charge in [0, 0.05) is 39.2 Å². The van der Waals surface area contributed by atoms with Gasteiger partial charge in [0.25, 0.3) is 0 Å². The van der Waals surface area contributed by atoms with E-state index in [4.69, 9.17) is 4.98 Å². The molecule has 9 aromatic rings. The Morgan fingerprint density at radius 3 is 1.98 bits per heavy atom. The van der Waals surface area contributed by atoms with Gasteiger partial charge < -0.3 is 0 Å². The molecule has 196 valence electrons. The summed E-state index contributed by atoms with van der Waals surface area (Å²) < 4.78 is 4.80. The van der Waals surface area contributed by atoms with Crippen LogP contribution in [0.1, 0.15) is 0 Å². The summed E-state index contributed by atoms with van der Waals surface area (Å²) >= 11 is 0. The summed E-state index contributed by atoms with van der Waals surface area (Å²) in [7, 11) is 0. The van der Waals surface area contributed by atoms with E-state index in [-0.39, 0.29) is 0 Å². The highest BCUT2D eigenvalue weighted by Crippen LogP contribution is 2.41. The van der Waals surface area contributed by atoms with Gasteiger partial charge in [0.05, 0.1) is 33.3 Å². The van der Waals surface area contributed by atoms with E-state index in [1.54, 1.807) is 0 Å². The van der Waals surface area contributed by atoms with Crippen LogP contribution in [0.4, 0.5) is 0 Å². The number of hydrogen-bond acceptors (Lipinski definition) is 2. The van der Waals surface area contributed by atoms with E-state index < -0.39 is 0 Å². The second-order valence-corrected chi connectivity index (χ2v) is 10.7. The Kier molecular flexibility index (Phi) is 4.87. The summed E-state index contributed by atoms with van der Waals surface area (Å²) in [6, 6.07) is 49.4. The Morgan fingerprint density at radius 1 is 0.476 bits per heavy atom. The van der Waals surface area contributed by atoms with E-state index in [1.165, 1.54) is 33.1 Å². The van der Waals surface area contributed by atoms with E-state index >= 15 is 0 Å². The first kappa shape index (κ1) is 23.0. The predicted octanol–water partition coefficient (Wildman–Crippen LogP) is 9.47. The topological polar surface area (TPSA) is 35.1 Å². The van der Waals surface area contributed by atoms with Crippen molar-refractivity contribution in [3.05, 3.63) is 146 Å². The summed E-state index contributed by atoms with van der Waals surface area (Å²) in [5.41, 5.74) is 12.2. The number of fused-ring (bicyclic) bond motifs is 8. The standard InChI is InChI=1S/C38H24N4/c1-2-10-29(11-3-1)41-33-14-6-7-15-34(33)42-32-13-5-4-12-30(32)35(38(41)42)26-18-16-25(17-19-26)31-23-22-28-21-20-27-9-8-24-39-36(27)37(28)40-31/h1-24H. The second-order valence-electron chi connectivity index (χ2n) is 10.7. The molecule has 0 amide bonds. The molecule has 5 aromatic carbocycles. The maximum Gasteiger partial charge on any atom is 0.131 e. The van der Waals surface area contributed by atoms with E-state index in [0.717, 1.165) is 44.4 Å². The lowest BCUT2D eigenvalue weighted by molar-refractivity contribution is 1.15. The Labute approximate surface area is 241 Å². The first-order valence-electron chi connectivity index (χ1n) is 14.2. The summed E-state index contributed by atoms with van der Waals surface area (Å²) in [6.45, 7) is 0. The van der Waals surface area contributed by atoms with Crippen LogP contribution < -0.4 is 0 Å². The van der Waals surface area contributed by atoms with Crippen molar-refractivity contribution in [2.45, 2.75) is 0 Å². The molecule has 0 aliphatic rings. The number of aromatic nitrogens is 4. The third-order valence-corrected chi connectivity index (χ3v) is 8.34. The normalized spacial score (nSPS) is 11.8. The molecule has 0 unspecified atom stereocenters. The highest BCUT2D eigenvalue weighted by Gasteiger charge is 2.22. The highest BCUT2D eigenvalue weighted by molar-refractivity contribution is 6.09. The molecule has 0 spiro atoms. The molecule has 9 rings (SSSR count). The Hall–Kier alpha value is -5.74. The van der Waals surface area contributed by atoms with Gasteiger partial charge in [-0.1, -0.05) is 97.1 Å². The molecule has 4 aromatic heterocycles. The van der Waals surface area contributed by atoms with Crippen molar-refractivity contribution in [2.24, 2.45) is 0 Å². The fourth-order valence-corrected chi connectivity index (χ4v) is 6.45. The monoisotopic (exact) mass is 536 g/mol. The van der Waals surface area contributed by atoms with E-state index in [1.807, 2.05) is 12.3 Å². The lowest BCUT2D eigenvalue weighted by Crippen LogP contribution is -1.95. The van der Waals surface area contributed by atoms with Crippen molar-refractivity contribution in [3.8, 4) is 28.1 Å². The molecule has 0 atom stereocenters. The quantitative estimate of drug-likeness (QED) is 0.211. The Balaban J connectivity index is 1.28. The molecule has 0 saturated carbocycles. The van der Waals surface area contributed by atoms with E-state index in [9.17, 15) is 0 Å². The molecule has 4 heteroatoms. The lowest BCUT2D eigenvalue weighted by atomic mass is 10.0. The maximum atomic E-state index is 5.08. The van der Waals surface area contributed by atoms with Crippen molar-refractivity contribution in [1.82, 2.24) is 18.9 Å². The molecule has 0 N–H and O–H groups in total. The van der Waals surface area contributed by atoms with Crippen molar-refractivity contribution in [3.63, 3.8) is 0 Å². The highest BCUT2D eigenvalue weighted by atomic mass is 15.1. The minimum atomic E-state index is 0.933. The summed E-state index contributed by atoms with van der Waals surface area (Å²) in [6.07, 6.45) is 1.84. The molecule has 42 heavy (non-hydrogen) atoms. The largest absolute Gasteiger partial charge is 0.293 e. The van der Waals surface area contributed by atoms with Crippen LogP contribution in [0.25, 0.3) is 77.5 Å². The van der Waals surface area contributed by atoms with Gasteiger partial charge in [-0.25, -0.2) is 4.98 Å². The zero-order valence-electron chi connectivity index (χ0n) is 22.6. The van der Waals surface area contributed by atoms with Gasteiger partial charge in [0.1, 0.15) is 5.65 Å². The number of pyridine rings is 2. The van der Waals surface area contributed by atoms with Crippen LogP contribution in [0.3, 0.4) is 0 Å². The van der Waals surface area contributed by atoms with Crippen LogP contribution in [0.15, 0.2) is 146 Å². The summed E-state index contributed by atoms with van der Waals surface area (Å²) in [4.78, 5) is 9.71. The van der Waals surface area contributed by atoms with E-state index in [0.29, 0.717) is 0 Å². The molecule has 4 heterocycles. The van der Waals surface area contributed by atoms with Gasteiger partial charge in [-0.3, -0.25) is 14.0 Å². The third-order valence-electron chi connectivity index (χ3n) is 8.34.